The van der Waals surface area contributed by atoms with Crippen LogP contribution in [0.3, 0.4) is 0 Å². The standard InChI is InChI=1S/C55H40N2/c1-55(2)50-35-41(37-14-6-3-7-15-37)24-30-47(50)48-31-29-45(36-51(48)55)56(42-17-8-4-9-18-42)44-27-22-38(23-28-44)40-26-32-52-49(34-40)54-46-21-13-12-16-39(46)25-33-53(54)57(52)43-19-10-5-11-20-43/h3-36H,1-2H3. The predicted octanol–water partition coefficient (Wildman–Crippen LogP) is 15.0. The fourth-order valence-electron chi connectivity index (χ4n) is 9.33. The molecule has 57 heavy (non-hydrogen) atoms. The van der Waals surface area contributed by atoms with Gasteiger partial charge in [-0.25, -0.2) is 0 Å². The Balaban J connectivity index is 1.00. The summed E-state index contributed by atoms with van der Waals surface area (Å²) in [5.41, 5.74) is 17.1. The highest BCUT2D eigenvalue weighted by molar-refractivity contribution is 6.21. The molecule has 0 bridgehead atoms. The summed E-state index contributed by atoms with van der Waals surface area (Å²) < 4.78 is 2.40. The molecule has 270 valence electrons. The first-order valence-electron chi connectivity index (χ1n) is 19.8. The maximum absolute atomic E-state index is 2.42. The molecule has 0 saturated carbocycles. The van der Waals surface area contributed by atoms with Gasteiger partial charge in [-0.1, -0.05) is 147 Å². The Morgan fingerprint density at radius 1 is 0.386 bits per heavy atom. The average Bonchev–Trinajstić information content (AvgIpc) is 3.72. The zero-order chi connectivity index (χ0) is 38.1. The maximum atomic E-state index is 2.42. The molecule has 1 aliphatic carbocycles. The largest absolute Gasteiger partial charge is 0.310 e. The molecule has 9 aromatic carbocycles. The highest BCUT2D eigenvalue weighted by Gasteiger charge is 2.36. The zero-order valence-electron chi connectivity index (χ0n) is 32.0. The fourth-order valence-corrected chi connectivity index (χ4v) is 9.33. The van der Waals surface area contributed by atoms with Gasteiger partial charge in [-0.2, -0.15) is 0 Å². The van der Waals surface area contributed by atoms with E-state index in [4.69, 9.17) is 0 Å². The maximum Gasteiger partial charge on any atom is 0.0547 e. The summed E-state index contributed by atoms with van der Waals surface area (Å²) in [6.45, 7) is 4.74. The molecular formula is C55H40N2. The van der Waals surface area contributed by atoms with Gasteiger partial charge in [0.15, 0.2) is 0 Å². The number of hydrogen-bond acceptors (Lipinski definition) is 1. The topological polar surface area (TPSA) is 8.17 Å². The van der Waals surface area contributed by atoms with Crippen molar-refractivity contribution in [2.24, 2.45) is 0 Å². The van der Waals surface area contributed by atoms with Gasteiger partial charge in [0, 0.05) is 38.9 Å². The molecule has 0 radical (unpaired) electrons. The lowest BCUT2D eigenvalue weighted by Crippen LogP contribution is -2.16. The second kappa shape index (κ2) is 13.0. The molecule has 1 heterocycles. The van der Waals surface area contributed by atoms with E-state index >= 15 is 0 Å². The first kappa shape index (κ1) is 33.2. The summed E-state index contributed by atoms with van der Waals surface area (Å²) in [7, 11) is 0. The van der Waals surface area contributed by atoms with Crippen LogP contribution in [0.2, 0.25) is 0 Å². The highest BCUT2D eigenvalue weighted by atomic mass is 15.1. The molecule has 0 aliphatic heterocycles. The molecule has 11 rings (SSSR count). The Kier molecular flexibility index (Phi) is 7.55. The summed E-state index contributed by atoms with van der Waals surface area (Å²) in [6.07, 6.45) is 0. The molecule has 0 fully saturated rings. The molecule has 0 amide bonds. The lowest BCUT2D eigenvalue weighted by atomic mass is 9.81. The smallest absolute Gasteiger partial charge is 0.0547 e. The van der Waals surface area contributed by atoms with Crippen LogP contribution in [0.4, 0.5) is 17.1 Å². The van der Waals surface area contributed by atoms with Gasteiger partial charge in [0.1, 0.15) is 0 Å². The van der Waals surface area contributed by atoms with E-state index in [1.807, 2.05) is 0 Å². The molecule has 0 atom stereocenters. The van der Waals surface area contributed by atoms with Crippen LogP contribution < -0.4 is 4.90 Å². The monoisotopic (exact) mass is 728 g/mol. The van der Waals surface area contributed by atoms with Crippen LogP contribution in [0.25, 0.3) is 71.6 Å². The van der Waals surface area contributed by atoms with Crippen molar-refractivity contribution in [2.45, 2.75) is 19.3 Å². The van der Waals surface area contributed by atoms with Gasteiger partial charge < -0.3 is 9.47 Å². The van der Waals surface area contributed by atoms with E-state index in [0.717, 1.165) is 17.1 Å². The third-order valence-electron chi connectivity index (χ3n) is 12.2. The summed E-state index contributed by atoms with van der Waals surface area (Å²) in [6, 6.07) is 75.5. The lowest BCUT2D eigenvalue weighted by molar-refractivity contribution is 0.660. The van der Waals surface area contributed by atoms with Crippen LogP contribution in [0, 0.1) is 0 Å². The first-order valence-corrected chi connectivity index (χ1v) is 19.8. The van der Waals surface area contributed by atoms with Crippen molar-refractivity contribution in [1.82, 2.24) is 4.57 Å². The molecule has 1 aliphatic rings. The van der Waals surface area contributed by atoms with Gasteiger partial charge in [0.05, 0.1) is 11.0 Å². The van der Waals surface area contributed by atoms with E-state index < -0.39 is 0 Å². The van der Waals surface area contributed by atoms with Crippen molar-refractivity contribution in [3.8, 4) is 39.1 Å². The number of rotatable bonds is 6. The summed E-state index contributed by atoms with van der Waals surface area (Å²) in [5.74, 6) is 0. The molecule has 0 spiro atoms. The van der Waals surface area contributed by atoms with E-state index in [1.54, 1.807) is 0 Å². The molecular weight excluding hydrogens is 689 g/mol. The lowest BCUT2D eigenvalue weighted by Gasteiger charge is -2.28. The Morgan fingerprint density at radius 3 is 1.70 bits per heavy atom. The van der Waals surface area contributed by atoms with Crippen LogP contribution in [-0.4, -0.2) is 4.57 Å². The van der Waals surface area contributed by atoms with Crippen LogP contribution in [0.5, 0.6) is 0 Å². The average molecular weight is 729 g/mol. The molecule has 10 aromatic rings. The minimum atomic E-state index is -0.148. The van der Waals surface area contributed by atoms with E-state index in [0.29, 0.717) is 0 Å². The predicted molar refractivity (Wildman–Crippen MR) is 241 cm³/mol. The number of benzene rings is 9. The quantitative estimate of drug-likeness (QED) is 0.165. The third-order valence-corrected chi connectivity index (χ3v) is 12.2. The van der Waals surface area contributed by atoms with Crippen molar-refractivity contribution in [3.05, 3.63) is 217 Å². The van der Waals surface area contributed by atoms with Gasteiger partial charge in [0.25, 0.3) is 0 Å². The van der Waals surface area contributed by atoms with Crippen LogP contribution >= 0.6 is 0 Å². The highest BCUT2D eigenvalue weighted by Crippen LogP contribution is 2.51. The number of aromatic nitrogens is 1. The van der Waals surface area contributed by atoms with Crippen LogP contribution in [-0.2, 0) is 5.41 Å². The van der Waals surface area contributed by atoms with E-state index in [9.17, 15) is 0 Å². The van der Waals surface area contributed by atoms with Crippen LogP contribution in [0.1, 0.15) is 25.0 Å². The number of para-hydroxylation sites is 2. The zero-order valence-corrected chi connectivity index (χ0v) is 32.0. The number of anilines is 3. The van der Waals surface area contributed by atoms with Crippen molar-refractivity contribution in [3.63, 3.8) is 0 Å². The number of nitrogens with zero attached hydrogens (tertiary/aromatic N) is 2. The summed E-state index contributed by atoms with van der Waals surface area (Å²) in [5, 5.41) is 5.08. The summed E-state index contributed by atoms with van der Waals surface area (Å²) in [4.78, 5) is 2.39. The number of hydrogen-bond donors (Lipinski definition) is 0. The van der Waals surface area contributed by atoms with E-state index in [1.165, 1.54) is 82.8 Å². The van der Waals surface area contributed by atoms with E-state index in [2.05, 4.69) is 230 Å². The molecule has 1 aromatic heterocycles. The SMILES string of the molecule is CC1(C)c2cc(-c3ccccc3)ccc2-c2ccc(N(c3ccccc3)c3ccc(-c4ccc5c(c4)c4c6ccccc6ccc4n5-c4ccccc4)cc3)cc21. The second-order valence-corrected chi connectivity index (χ2v) is 15.8. The van der Waals surface area contributed by atoms with Gasteiger partial charge >= 0.3 is 0 Å². The van der Waals surface area contributed by atoms with Crippen molar-refractivity contribution in [2.75, 3.05) is 4.90 Å². The fraction of sp³-hybridized carbons (Fsp3) is 0.0545. The normalized spacial score (nSPS) is 12.9. The van der Waals surface area contributed by atoms with E-state index in [-0.39, 0.29) is 5.41 Å². The van der Waals surface area contributed by atoms with Crippen LogP contribution in [0.15, 0.2) is 206 Å². The van der Waals surface area contributed by atoms with Gasteiger partial charge in [-0.05, 0) is 128 Å². The van der Waals surface area contributed by atoms with Gasteiger partial charge in [-0.15, -0.1) is 0 Å². The Labute approximate surface area is 333 Å². The molecule has 0 unspecified atom stereocenters. The minimum Gasteiger partial charge on any atom is -0.310 e. The molecule has 0 saturated heterocycles. The summed E-state index contributed by atoms with van der Waals surface area (Å²) >= 11 is 0. The Hall–Kier alpha value is -7.16. The second-order valence-electron chi connectivity index (χ2n) is 15.8. The molecule has 2 nitrogen and oxygen atoms in total. The third kappa shape index (κ3) is 5.33. The van der Waals surface area contributed by atoms with Gasteiger partial charge in [0.2, 0.25) is 0 Å². The molecule has 2 heteroatoms. The van der Waals surface area contributed by atoms with Gasteiger partial charge in [-0.3, -0.25) is 0 Å². The van der Waals surface area contributed by atoms with Crippen molar-refractivity contribution < 1.29 is 0 Å². The Morgan fingerprint density at radius 2 is 0.930 bits per heavy atom. The minimum absolute atomic E-state index is 0.148. The number of fused-ring (bicyclic) bond motifs is 8. The molecule has 0 N–H and O–H groups in total. The Bertz CT molecular complexity index is 3120. The van der Waals surface area contributed by atoms with Crippen molar-refractivity contribution in [1.29, 1.82) is 0 Å². The first-order chi connectivity index (χ1) is 28.0. The van der Waals surface area contributed by atoms with Crippen molar-refractivity contribution >= 4 is 49.6 Å².